The number of nitrogens with one attached hydrogen (secondary N) is 3. The molecule has 206 valence electrons. The highest BCUT2D eigenvalue weighted by molar-refractivity contribution is 5.94. The lowest BCUT2D eigenvalue weighted by Crippen LogP contribution is -2.58. The lowest BCUT2D eigenvalue weighted by atomic mass is 10.0. The van der Waals surface area contributed by atoms with Crippen molar-refractivity contribution < 1.29 is 39.3 Å². The molecule has 4 atom stereocenters. The second kappa shape index (κ2) is 16.1. The highest BCUT2D eigenvalue weighted by atomic mass is 16.4. The normalized spacial score (nSPS) is 14.0. The third-order valence-electron chi connectivity index (χ3n) is 5.42. The molecule has 0 bridgehead atoms. The second-order valence-electron chi connectivity index (χ2n) is 8.47. The minimum absolute atomic E-state index is 0.0151. The number of carbonyl (C=O) groups is 5. The van der Waals surface area contributed by atoms with Crippen LogP contribution in [0.1, 0.15) is 37.7 Å². The zero-order chi connectivity index (χ0) is 28.0. The summed E-state index contributed by atoms with van der Waals surface area (Å²) in [5.74, 6) is -4.54. The molecule has 1 aromatic carbocycles. The maximum atomic E-state index is 13.1. The fourth-order valence-electron chi connectivity index (χ4n) is 3.29. The lowest BCUT2D eigenvalue weighted by Gasteiger charge is -2.25. The first-order valence-electron chi connectivity index (χ1n) is 11.7. The van der Waals surface area contributed by atoms with Crippen molar-refractivity contribution in [3.05, 3.63) is 29.8 Å². The third kappa shape index (κ3) is 11.7. The number of primary amides is 1. The summed E-state index contributed by atoms with van der Waals surface area (Å²) in [5.41, 5.74) is 16.7. The van der Waals surface area contributed by atoms with Crippen molar-refractivity contribution in [2.75, 3.05) is 13.2 Å². The molecule has 4 amide bonds. The number of rotatable bonds is 17. The molecule has 0 heterocycles. The molecule has 0 fully saturated rings. The van der Waals surface area contributed by atoms with E-state index in [-0.39, 0.29) is 31.4 Å². The third-order valence-corrected chi connectivity index (χ3v) is 5.42. The minimum Gasteiger partial charge on any atom is -0.508 e. The van der Waals surface area contributed by atoms with Gasteiger partial charge in [-0.1, -0.05) is 12.1 Å². The van der Waals surface area contributed by atoms with Gasteiger partial charge in [0.1, 0.15) is 29.9 Å². The fraction of sp³-hybridized carbons (Fsp3) is 0.522. The van der Waals surface area contributed by atoms with Gasteiger partial charge in [0.05, 0.1) is 6.61 Å². The molecule has 0 aliphatic carbocycles. The first kappa shape index (κ1) is 31.3. The maximum absolute atomic E-state index is 13.1. The highest BCUT2D eigenvalue weighted by Crippen LogP contribution is 2.12. The summed E-state index contributed by atoms with van der Waals surface area (Å²) in [5, 5.41) is 35.3. The number of carboxylic acid groups (broad SMARTS) is 1. The van der Waals surface area contributed by atoms with E-state index < -0.39 is 60.4 Å². The van der Waals surface area contributed by atoms with Crippen molar-refractivity contribution >= 4 is 29.6 Å². The Morgan fingerprint density at radius 3 is 1.95 bits per heavy atom. The molecular weight excluding hydrogens is 488 g/mol. The van der Waals surface area contributed by atoms with Crippen LogP contribution in [0.15, 0.2) is 24.3 Å². The van der Waals surface area contributed by atoms with Gasteiger partial charge in [0.15, 0.2) is 0 Å². The van der Waals surface area contributed by atoms with Crippen molar-refractivity contribution in [1.29, 1.82) is 0 Å². The van der Waals surface area contributed by atoms with Crippen molar-refractivity contribution in [2.45, 2.75) is 62.7 Å². The lowest BCUT2D eigenvalue weighted by molar-refractivity contribution is -0.142. The predicted octanol–water partition coefficient (Wildman–Crippen LogP) is -2.81. The second-order valence-corrected chi connectivity index (χ2v) is 8.47. The largest absolute Gasteiger partial charge is 0.508 e. The van der Waals surface area contributed by atoms with Crippen LogP contribution in [0.25, 0.3) is 0 Å². The van der Waals surface area contributed by atoms with Gasteiger partial charge in [-0.05, 0) is 49.9 Å². The number of aromatic hydroxyl groups is 1. The molecule has 1 rings (SSSR count). The SMILES string of the molecule is NCCCCC(NC(=O)C(CCC(N)=O)NC(=O)C(Cc1ccc(O)cc1)NC(=O)C(N)CO)C(=O)O. The van der Waals surface area contributed by atoms with Crippen LogP contribution in [0, 0.1) is 0 Å². The Kier molecular flexibility index (Phi) is 13.6. The number of aliphatic hydroxyl groups is 1. The number of hydrogen-bond acceptors (Lipinski definition) is 9. The Balaban J connectivity index is 3.10. The quantitative estimate of drug-likeness (QED) is 0.0944. The van der Waals surface area contributed by atoms with Crippen LogP contribution in [0.3, 0.4) is 0 Å². The molecule has 0 aliphatic heterocycles. The van der Waals surface area contributed by atoms with E-state index >= 15 is 0 Å². The standard InChI is InChI=1S/C23H36N6O8/c24-10-2-1-3-17(23(36)37)28-21(34)16(8-9-19(26)32)27-22(35)18(29-20(33)15(25)12-30)11-13-4-6-14(31)7-5-13/h4-7,15-18,30-31H,1-3,8-12,24-25H2,(H2,26,32)(H,27,35)(H,28,34)(H,29,33)(H,36,37). The topological polar surface area (TPSA) is 260 Å². The summed E-state index contributed by atoms with van der Waals surface area (Å²) in [7, 11) is 0. The maximum Gasteiger partial charge on any atom is 0.326 e. The van der Waals surface area contributed by atoms with Gasteiger partial charge in [0.2, 0.25) is 23.6 Å². The predicted molar refractivity (Wildman–Crippen MR) is 132 cm³/mol. The smallest absolute Gasteiger partial charge is 0.326 e. The van der Waals surface area contributed by atoms with Crippen LogP contribution in [0.5, 0.6) is 5.75 Å². The summed E-state index contributed by atoms with van der Waals surface area (Å²) in [6.45, 7) is -0.324. The highest BCUT2D eigenvalue weighted by Gasteiger charge is 2.30. The van der Waals surface area contributed by atoms with E-state index in [4.69, 9.17) is 22.3 Å². The molecule has 0 spiro atoms. The van der Waals surface area contributed by atoms with E-state index in [9.17, 15) is 34.2 Å². The first-order valence-corrected chi connectivity index (χ1v) is 11.7. The first-order chi connectivity index (χ1) is 17.5. The monoisotopic (exact) mass is 524 g/mol. The number of aliphatic hydroxyl groups excluding tert-OH is 1. The summed E-state index contributed by atoms with van der Waals surface area (Å²) in [6, 6.07) is 0.626. The molecule has 1 aromatic rings. The number of phenols is 1. The van der Waals surface area contributed by atoms with Gasteiger partial charge >= 0.3 is 5.97 Å². The van der Waals surface area contributed by atoms with Crippen LogP contribution < -0.4 is 33.2 Å². The van der Waals surface area contributed by atoms with Crippen LogP contribution >= 0.6 is 0 Å². The number of unbranched alkanes of at least 4 members (excludes halogenated alkanes) is 1. The molecule has 0 radical (unpaired) electrons. The van der Waals surface area contributed by atoms with E-state index in [1.165, 1.54) is 24.3 Å². The van der Waals surface area contributed by atoms with E-state index in [2.05, 4.69) is 16.0 Å². The van der Waals surface area contributed by atoms with Crippen LogP contribution in [0.2, 0.25) is 0 Å². The van der Waals surface area contributed by atoms with Crippen molar-refractivity contribution in [1.82, 2.24) is 16.0 Å². The van der Waals surface area contributed by atoms with Crippen LogP contribution in [-0.4, -0.2) is 82.2 Å². The molecule has 0 saturated heterocycles. The van der Waals surface area contributed by atoms with Gasteiger partial charge < -0.3 is 48.5 Å². The Morgan fingerprint density at radius 1 is 0.838 bits per heavy atom. The summed E-state index contributed by atoms with van der Waals surface area (Å²) < 4.78 is 0. The average molecular weight is 525 g/mol. The Hall–Kier alpha value is -3.75. The number of aliphatic carboxylic acids is 1. The van der Waals surface area contributed by atoms with E-state index in [1.807, 2.05) is 0 Å². The zero-order valence-corrected chi connectivity index (χ0v) is 20.4. The molecule has 0 saturated carbocycles. The van der Waals surface area contributed by atoms with Gasteiger partial charge in [0, 0.05) is 12.8 Å². The van der Waals surface area contributed by atoms with Gasteiger partial charge in [0.25, 0.3) is 0 Å². The zero-order valence-electron chi connectivity index (χ0n) is 20.4. The number of carboxylic acids is 1. The average Bonchev–Trinajstić information content (AvgIpc) is 2.85. The Bertz CT molecular complexity index is 926. The molecular formula is C23H36N6O8. The number of amides is 4. The van der Waals surface area contributed by atoms with E-state index in [1.54, 1.807) is 0 Å². The molecule has 14 nitrogen and oxygen atoms in total. The van der Waals surface area contributed by atoms with Crippen molar-refractivity contribution in [3.8, 4) is 5.75 Å². The molecule has 0 aliphatic rings. The van der Waals surface area contributed by atoms with Gasteiger partial charge in [-0.25, -0.2) is 4.79 Å². The Morgan fingerprint density at radius 2 is 1.41 bits per heavy atom. The van der Waals surface area contributed by atoms with Crippen molar-refractivity contribution in [3.63, 3.8) is 0 Å². The molecule has 14 heteroatoms. The van der Waals surface area contributed by atoms with Gasteiger partial charge in [-0.15, -0.1) is 0 Å². The molecule has 4 unspecified atom stereocenters. The Labute approximate surface area is 213 Å². The van der Waals surface area contributed by atoms with E-state index in [0.717, 1.165) is 0 Å². The molecule has 0 aromatic heterocycles. The van der Waals surface area contributed by atoms with Crippen molar-refractivity contribution in [2.24, 2.45) is 17.2 Å². The number of phenolic OH excluding ortho intramolecular Hbond substituents is 1. The van der Waals surface area contributed by atoms with Crippen LogP contribution in [-0.2, 0) is 30.4 Å². The minimum atomic E-state index is -1.35. The molecule has 37 heavy (non-hydrogen) atoms. The van der Waals surface area contributed by atoms with Crippen LogP contribution in [0.4, 0.5) is 0 Å². The number of benzene rings is 1. The number of carbonyl (C=O) groups excluding carboxylic acids is 4. The van der Waals surface area contributed by atoms with Gasteiger partial charge in [-0.2, -0.15) is 0 Å². The fourth-order valence-corrected chi connectivity index (χ4v) is 3.29. The number of nitrogens with two attached hydrogens (primary N) is 3. The summed E-state index contributed by atoms with van der Waals surface area (Å²) >= 11 is 0. The van der Waals surface area contributed by atoms with E-state index in [0.29, 0.717) is 24.9 Å². The number of hydrogen-bond donors (Lipinski definition) is 9. The summed E-state index contributed by atoms with van der Waals surface area (Å²) in [4.78, 5) is 61.2. The molecule has 12 N–H and O–H groups in total. The van der Waals surface area contributed by atoms with Gasteiger partial charge in [-0.3, -0.25) is 19.2 Å². The summed E-state index contributed by atoms with van der Waals surface area (Å²) in [6.07, 6.45) is 0.518.